The van der Waals surface area contributed by atoms with Gasteiger partial charge in [-0.05, 0) is 130 Å². The number of carbonyl (C=O) groups is 3. The molecule has 1 heterocycles. The Morgan fingerprint density at radius 1 is 0.826 bits per heavy atom. The van der Waals surface area contributed by atoms with Crippen molar-refractivity contribution in [2.45, 2.75) is 108 Å². The summed E-state index contributed by atoms with van der Waals surface area (Å²) in [6, 6.07) is 15.1. The van der Waals surface area contributed by atoms with E-state index < -0.39 is 46.2 Å². The summed E-state index contributed by atoms with van der Waals surface area (Å²) >= 11 is 5.95. The molecular formula is C48H62ClF2N5O13. The first-order valence-corrected chi connectivity index (χ1v) is 23.8. The first-order valence-electron chi connectivity index (χ1n) is 23.5. The molecule has 1 aliphatic heterocycles. The predicted octanol–water partition coefficient (Wildman–Crippen LogP) is 8.14. The highest BCUT2D eigenvalue weighted by atomic mass is 35.5. The standard InChI is InChI=1S/C48H62ClF2N5O13/c1-30-24-32(11-18-39(30)64-2)29-53(35-14-15-35)45(57)41-36(34-12-9-31(10-13-34)8-7-21-65-43-38(51)17-16-37(50)42(43)49)27-48-26-33(28-52-46(58)66-19-3-5-22-68-55(60)61)25-40(48)54(44(41)48)47(59)67-20-4-6-23-69-56(62)63/h9-13,16-18,24,33,35-36,40-41,44,60-63H,3-8,14-15,19-23,25-29H2,1-2H3,(H,52,58). The number of nitrogens with zero attached hydrogens (tertiary/aromatic N) is 4. The number of carbonyl (C=O) groups excluding carboxylic acids is 3. The van der Waals surface area contributed by atoms with E-state index in [1.807, 2.05) is 54.3 Å². The lowest BCUT2D eigenvalue weighted by Gasteiger charge is -2.58. The van der Waals surface area contributed by atoms with Crippen molar-refractivity contribution in [1.29, 1.82) is 0 Å². The number of benzene rings is 3. The van der Waals surface area contributed by atoms with E-state index in [1.165, 1.54) is 0 Å². The molecule has 0 bridgehead atoms. The van der Waals surface area contributed by atoms with Crippen molar-refractivity contribution in [2.24, 2.45) is 17.3 Å². The monoisotopic (exact) mass is 989 g/mol. The summed E-state index contributed by atoms with van der Waals surface area (Å²) in [5.74, 6) is -2.15. The lowest BCUT2D eigenvalue weighted by atomic mass is 9.66. The first-order chi connectivity index (χ1) is 33.2. The fraction of sp³-hybridized carbons (Fsp3) is 0.562. The minimum Gasteiger partial charge on any atom is -0.496 e. The highest BCUT2D eigenvalue weighted by Crippen LogP contribution is 2.69. The largest absolute Gasteiger partial charge is 0.496 e. The second kappa shape index (κ2) is 23.8. The number of likely N-dealkylation sites (tertiary alicyclic amines) is 1. The number of rotatable bonds is 25. The molecule has 378 valence electrons. The highest BCUT2D eigenvalue weighted by molar-refractivity contribution is 6.32. The summed E-state index contributed by atoms with van der Waals surface area (Å²) in [6.45, 7) is 2.84. The Morgan fingerprint density at radius 2 is 1.48 bits per heavy atom. The number of halogens is 3. The van der Waals surface area contributed by atoms with Gasteiger partial charge in [0.25, 0.3) is 0 Å². The van der Waals surface area contributed by atoms with E-state index >= 15 is 4.79 Å². The van der Waals surface area contributed by atoms with Crippen molar-refractivity contribution in [3.8, 4) is 11.5 Å². The molecule has 7 rings (SSSR count). The average molecular weight is 990 g/mol. The number of methoxy groups -OCH3 is 1. The zero-order valence-electron chi connectivity index (χ0n) is 38.8. The molecular weight excluding hydrogens is 928 g/mol. The number of hydrogen-bond donors (Lipinski definition) is 5. The van der Waals surface area contributed by atoms with E-state index in [-0.39, 0.29) is 85.9 Å². The number of aryl methyl sites for hydroxylation is 2. The Hall–Kier alpha value is -4.90. The molecule has 69 heavy (non-hydrogen) atoms. The molecule has 6 unspecified atom stereocenters. The smallest absolute Gasteiger partial charge is 0.410 e. The van der Waals surface area contributed by atoms with Gasteiger partial charge in [-0.3, -0.25) is 35.3 Å². The number of unbranched alkanes of at least 4 members (excludes halogenated alkanes) is 2. The van der Waals surface area contributed by atoms with Gasteiger partial charge < -0.3 is 34.1 Å². The van der Waals surface area contributed by atoms with Gasteiger partial charge in [-0.2, -0.15) is 0 Å². The maximum atomic E-state index is 15.6. The van der Waals surface area contributed by atoms with Crippen LogP contribution in [0.25, 0.3) is 0 Å². The quantitative estimate of drug-likeness (QED) is 0.0308. The van der Waals surface area contributed by atoms with E-state index in [0.717, 1.165) is 53.0 Å². The van der Waals surface area contributed by atoms with Crippen LogP contribution in [0.1, 0.15) is 92.4 Å². The van der Waals surface area contributed by atoms with Gasteiger partial charge in [-0.15, -0.1) is 0 Å². The number of hydrogen-bond acceptors (Lipinski definition) is 15. The maximum absolute atomic E-state index is 15.6. The topological polar surface area (TPSA) is 212 Å². The molecule has 3 saturated carbocycles. The summed E-state index contributed by atoms with van der Waals surface area (Å²) < 4.78 is 50.6. The second-order valence-corrected chi connectivity index (χ2v) is 18.7. The maximum Gasteiger partial charge on any atom is 0.410 e. The van der Waals surface area contributed by atoms with Gasteiger partial charge in [-0.1, -0.05) is 48.0 Å². The number of alkyl carbamates (subject to hydrolysis) is 1. The normalized spacial score (nSPS) is 22.5. The van der Waals surface area contributed by atoms with Crippen LogP contribution in [-0.2, 0) is 36.9 Å². The minimum absolute atomic E-state index is 0.0142. The van der Waals surface area contributed by atoms with Crippen LogP contribution >= 0.6 is 11.6 Å². The molecule has 3 aromatic carbocycles. The van der Waals surface area contributed by atoms with Gasteiger partial charge in [-0.25, -0.2) is 18.4 Å². The van der Waals surface area contributed by atoms with Crippen LogP contribution in [0, 0.1) is 35.8 Å². The Kier molecular flexibility index (Phi) is 17.9. The molecule has 1 spiro atoms. The van der Waals surface area contributed by atoms with Crippen molar-refractivity contribution >= 4 is 29.7 Å². The van der Waals surface area contributed by atoms with E-state index in [2.05, 4.69) is 15.0 Å². The molecule has 21 heteroatoms. The van der Waals surface area contributed by atoms with Gasteiger partial charge in [0.2, 0.25) is 5.91 Å². The summed E-state index contributed by atoms with van der Waals surface area (Å²) in [6.07, 6.45) is 4.99. The molecule has 6 atom stereocenters. The Morgan fingerprint density at radius 3 is 2.13 bits per heavy atom. The molecule has 18 nitrogen and oxygen atoms in total. The van der Waals surface area contributed by atoms with E-state index in [4.69, 9.17) is 51.4 Å². The third-order valence-electron chi connectivity index (χ3n) is 13.8. The van der Waals surface area contributed by atoms with Crippen molar-refractivity contribution in [2.75, 3.05) is 46.7 Å². The van der Waals surface area contributed by atoms with Crippen LogP contribution in [0.4, 0.5) is 18.4 Å². The van der Waals surface area contributed by atoms with Crippen molar-refractivity contribution in [3.63, 3.8) is 0 Å². The fourth-order valence-electron chi connectivity index (χ4n) is 10.7. The van der Waals surface area contributed by atoms with E-state index in [9.17, 15) is 18.4 Å². The summed E-state index contributed by atoms with van der Waals surface area (Å²) in [4.78, 5) is 55.6. The van der Waals surface area contributed by atoms with Gasteiger partial charge in [0.05, 0.1) is 62.9 Å². The minimum atomic E-state index is -0.772. The zero-order valence-corrected chi connectivity index (χ0v) is 39.5. The lowest BCUT2D eigenvalue weighted by Crippen LogP contribution is -2.71. The Balaban J connectivity index is 1.12. The van der Waals surface area contributed by atoms with Crippen LogP contribution in [0.15, 0.2) is 54.6 Å². The molecule has 0 radical (unpaired) electrons. The third-order valence-corrected chi connectivity index (χ3v) is 14.2. The summed E-state index contributed by atoms with van der Waals surface area (Å²) in [7, 11) is 1.62. The Labute approximate surface area is 404 Å². The second-order valence-electron chi connectivity index (χ2n) is 18.3. The van der Waals surface area contributed by atoms with Gasteiger partial charge in [0.1, 0.15) is 16.6 Å². The highest BCUT2D eigenvalue weighted by Gasteiger charge is 2.74. The van der Waals surface area contributed by atoms with Gasteiger partial charge in [0.15, 0.2) is 11.6 Å². The van der Waals surface area contributed by atoms with Crippen LogP contribution in [0.5, 0.6) is 11.5 Å². The van der Waals surface area contributed by atoms with Gasteiger partial charge >= 0.3 is 12.2 Å². The van der Waals surface area contributed by atoms with E-state index in [0.29, 0.717) is 64.3 Å². The van der Waals surface area contributed by atoms with Crippen LogP contribution in [0.2, 0.25) is 5.02 Å². The number of ether oxygens (including phenoxy) is 4. The van der Waals surface area contributed by atoms with Crippen LogP contribution in [-0.4, -0.2) is 124 Å². The summed E-state index contributed by atoms with van der Waals surface area (Å²) in [5.41, 5.74) is 3.33. The predicted molar refractivity (Wildman–Crippen MR) is 240 cm³/mol. The number of nitrogens with one attached hydrogen (secondary N) is 1. The molecule has 3 aliphatic carbocycles. The molecule has 1 saturated heterocycles. The fourth-order valence-corrected chi connectivity index (χ4v) is 10.9. The molecule has 0 aromatic heterocycles. The van der Waals surface area contributed by atoms with Crippen molar-refractivity contribution in [1.82, 2.24) is 25.9 Å². The molecule has 4 fully saturated rings. The molecule has 5 N–H and O–H groups in total. The van der Waals surface area contributed by atoms with Crippen molar-refractivity contribution < 1.29 is 72.6 Å². The van der Waals surface area contributed by atoms with Gasteiger partial charge in [0, 0.05) is 30.6 Å². The summed E-state index contributed by atoms with van der Waals surface area (Å²) in [5, 5.41) is 36.9. The molecule has 3 amide bonds. The van der Waals surface area contributed by atoms with Crippen LogP contribution in [0.3, 0.4) is 0 Å². The Bertz CT molecular complexity index is 2230. The zero-order chi connectivity index (χ0) is 49.2. The van der Waals surface area contributed by atoms with E-state index in [1.54, 1.807) is 12.0 Å². The number of amides is 3. The van der Waals surface area contributed by atoms with Crippen molar-refractivity contribution in [3.05, 3.63) is 93.5 Å². The SMILES string of the molecule is COc1ccc(CN(C(=O)C2C(c3ccc(CCCOc4c(F)ccc(F)c4Cl)cc3)CC34CC(CNC(=O)OCCCCON(O)O)CC3N(C(=O)OCCCCON(O)O)C24)C2CC2)cc1C. The third kappa shape index (κ3) is 12.7. The average Bonchev–Trinajstić information content (AvgIpc) is 4.07. The first kappa shape index (κ1) is 51.9. The molecule has 3 aromatic rings. The lowest BCUT2D eigenvalue weighted by molar-refractivity contribution is -0.492. The van der Waals surface area contributed by atoms with Crippen LogP contribution < -0.4 is 14.8 Å². The molecule has 4 aliphatic rings.